The van der Waals surface area contributed by atoms with Gasteiger partial charge in [-0.1, -0.05) is 41.3 Å². The number of carbonyl (C=O) groups is 1. The van der Waals surface area contributed by atoms with Crippen LogP contribution >= 0.6 is 15.9 Å². The van der Waals surface area contributed by atoms with Crippen LogP contribution in [0.2, 0.25) is 0 Å². The summed E-state index contributed by atoms with van der Waals surface area (Å²) in [6.07, 6.45) is 6.87. The number of rotatable bonds is 5. The van der Waals surface area contributed by atoms with Gasteiger partial charge in [0.1, 0.15) is 0 Å². The first-order chi connectivity index (χ1) is 9.70. The van der Waals surface area contributed by atoms with Gasteiger partial charge < -0.3 is 10.1 Å². The number of hydrogen-bond acceptors (Lipinski definition) is 3. The molecule has 0 heterocycles. The maximum atomic E-state index is 11.4. The summed E-state index contributed by atoms with van der Waals surface area (Å²) in [6.45, 7) is 1.92. The third kappa shape index (κ3) is 4.32. The normalized spacial score (nSPS) is 16.1. The summed E-state index contributed by atoms with van der Waals surface area (Å²) < 4.78 is 5.67. The fourth-order valence-corrected chi connectivity index (χ4v) is 3.26. The first-order valence-electron chi connectivity index (χ1n) is 7.28. The molecule has 0 radical (unpaired) electrons. The molecule has 2 rings (SSSR count). The third-order valence-corrected chi connectivity index (χ3v) is 4.69. The highest BCUT2D eigenvalue weighted by atomic mass is 79.9. The van der Waals surface area contributed by atoms with E-state index >= 15 is 0 Å². The Morgan fingerprint density at radius 3 is 2.75 bits per heavy atom. The summed E-state index contributed by atoms with van der Waals surface area (Å²) in [5.74, 6) is 0.532. The van der Waals surface area contributed by atoms with E-state index < -0.39 is 0 Å². The quantitative estimate of drug-likeness (QED) is 0.826. The van der Waals surface area contributed by atoms with Crippen LogP contribution in [0.15, 0.2) is 22.7 Å². The standard InChI is InChI=1S/C16H22BrNO2/c1-20-16(19)13-7-8-14(15(17)9-13)11-18-10-12-5-3-2-4-6-12/h7-9,12,18H,2-6,10-11H2,1H3. The Kier molecular flexibility index (Phi) is 6.05. The lowest BCUT2D eigenvalue weighted by Crippen LogP contribution is -2.24. The molecule has 0 aliphatic heterocycles. The molecule has 1 aliphatic carbocycles. The zero-order chi connectivity index (χ0) is 14.4. The molecule has 1 aromatic carbocycles. The molecule has 1 saturated carbocycles. The van der Waals surface area contributed by atoms with Gasteiger partial charge in [-0.2, -0.15) is 0 Å². The van der Waals surface area contributed by atoms with Crippen molar-refractivity contribution < 1.29 is 9.53 Å². The number of benzene rings is 1. The van der Waals surface area contributed by atoms with Crippen LogP contribution < -0.4 is 5.32 Å². The van der Waals surface area contributed by atoms with E-state index in [1.54, 1.807) is 0 Å². The van der Waals surface area contributed by atoms with Crippen molar-refractivity contribution in [2.45, 2.75) is 38.6 Å². The largest absolute Gasteiger partial charge is 0.465 e. The molecular weight excluding hydrogens is 318 g/mol. The molecule has 0 bridgehead atoms. The zero-order valence-electron chi connectivity index (χ0n) is 12.0. The molecule has 1 N–H and O–H groups in total. The minimum absolute atomic E-state index is 0.299. The van der Waals surface area contributed by atoms with Crippen LogP contribution in [-0.4, -0.2) is 19.6 Å². The Morgan fingerprint density at radius 1 is 1.35 bits per heavy atom. The molecule has 0 saturated heterocycles. The van der Waals surface area contributed by atoms with E-state index in [1.807, 2.05) is 18.2 Å². The first-order valence-corrected chi connectivity index (χ1v) is 8.07. The minimum atomic E-state index is -0.299. The summed E-state index contributed by atoms with van der Waals surface area (Å²) >= 11 is 3.52. The SMILES string of the molecule is COC(=O)c1ccc(CNCC2CCCCC2)c(Br)c1. The Balaban J connectivity index is 1.84. The lowest BCUT2D eigenvalue weighted by Gasteiger charge is -2.22. The number of nitrogens with one attached hydrogen (secondary N) is 1. The van der Waals surface area contributed by atoms with Crippen molar-refractivity contribution in [2.75, 3.05) is 13.7 Å². The highest BCUT2D eigenvalue weighted by Crippen LogP contribution is 2.23. The second kappa shape index (κ2) is 7.79. The lowest BCUT2D eigenvalue weighted by atomic mass is 9.89. The molecule has 0 spiro atoms. The van der Waals surface area contributed by atoms with Crippen LogP contribution in [0.25, 0.3) is 0 Å². The van der Waals surface area contributed by atoms with Crippen molar-refractivity contribution in [2.24, 2.45) is 5.92 Å². The van der Waals surface area contributed by atoms with Crippen molar-refractivity contribution >= 4 is 21.9 Å². The molecule has 0 atom stereocenters. The van der Waals surface area contributed by atoms with Gasteiger partial charge in [-0.25, -0.2) is 4.79 Å². The van der Waals surface area contributed by atoms with Gasteiger partial charge >= 0.3 is 5.97 Å². The summed E-state index contributed by atoms with van der Waals surface area (Å²) in [7, 11) is 1.40. The second-order valence-corrected chi connectivity index (χ2v) is 6.29. The van der Waals surface area contributed by atoms with E-state index in [0.717, 1.165) is 23.5 Å². The summed E-state index contributed by atoms with van der Waals surface area (Å²) in [6, 6.07) is 5.61. The van der Waals surface area contributed by atoms with Gasteiger partial charge in [0.05, 0.1) is 12.7 Å². The average Bonchev–Trinajstić information content (AvgIpc) is 2.49. The predicted molar refractivity (Wildman–Crippen MR) is 83.8 cm³/mol. The second-order valence-electron chi connectivity index (χ2n) is 5.43. The lowest BCUT2D eigenvalue weighted by molar-refractivity contribution is 0.0600. The first kappa shape index (κ1) is 15.5. The third-order valence-electron chi connectivity index (χ3n) is 3.95. The molecule has 20 heavy (non-hydrogen) atoms. The van der Waals surface area contributed by atoms with Crippen molar-refractivity contribution in [1.82, 2.24) is 5.32 Å². The van der Waals surface area contributed by atoms with Crippen LogP contribution in [0, 0.1) is 5.92 Å². The number of methoxy groups -OCH3 is 1. The average molecular weight is 340 g/mol. The van der Waals surface area contributed by atoms with Crippen LogP contribution in [0.4, 0.5) is 0 Å². The Morgan fingerprint density at radius 2 is 2.10 bits per heavy atom. The van der Waals surface area contributed by atoms with Gasteiger partial charge in [0.25, 0.3) is 0 Å². The Hall–Kier alpha value is -0.870. The topological polar surface area (TPSA) is 38.3 Å². The maximum Gasteiger partial charge on any atom is 0.337 e. The van der Waals surface area contributed by atoms with E-state index in [4.69, 9.17) is 4.74 Å². The van der Waals surface area contributed by atoms with Crippen molar-refractivity contribution in [1.29, 1.82) is 0 Å². The molecule has 1 aliphatic rings. The van der Waals surface area contributed by atoms with Crippen molar-refractivity contribution in [3.8, 4) is 0 Å². The van der Waals surface area contributed by atoms with Gasteiger partial charge in [-0.3, -0.25) is 0 Å². The van der Waals surface area contributed by atoms with Gasteiger partial charge in [0.2, 0.25) is 0 Å². The zero-order valence-corrected chi connectivity index (χ0v) is 13.5. The van der Waals surface area contributed by atoms with E-state index in [-0.39, 0.29) is 5.97 Å². The van der Waals surface area contributed by atoms with Gasteiger partial charge in [-0.15, -0.1) is 0 Å². The number of esters is 1. The smallest absolute Gasteiger partial charge is 0.337 e. The van der Waals surface area contributed by atoms with Crippen LogP contribution in [-0.2, 0) is 11.3 Å². The van der Waals surface area contributed by atoms with Crippen molar-refractivity contribution in [3.63, 3.8) is 0 Å². The fourth-order valence-electron chi connectivity index (χ4n) is 2.74. The number of carbonyl (C=O) groups excluding carboxylic acids is 1. The summed E-state index contributed by atoms with van der Waals surface area (Å²) in [5, 5.41) is 3.53. The molecular formula is C16H22BrNO2. The van der Waals surface area contributed by atoms with Gasteiger partial charge in [0, 0.05) is 11.0 Å². The highest BCUT2D eigenvalue weighted by Gasteiger charge is 2.13. The summed E-state index contributed by atoms with van der Waals surface area (Å²) in [4.78, 5) is 11.4. The molecule has 1 fully saturated rings. The van der Waals surface area contributed by atoms with Gasteiger partial charge in [0.15, 0.2) is 0 Å². The van der Waals surface area contributed by atoms with Crippen molar-refractivity contribution in [3.05, 3.63) is 33.8 Å². The van der Waals surface area contributed by atoms with Gasteiger partial charge in [-0.05, 0) is 43.0 Å². The van der Waals surface area contributed by atoms with Crippen LogP contribution in [0.5, 0.6) is 0 Å². The fraction of sp³-hybridized carbons (Fsp3) is 0.562. The van der Waals surface area contributed by atoms with E-state index in [0.29, 0.717) is 5.56 Å². The molecule has 0 aromatic heterocycles. The van der Waals surface area contributed by atoms with Crippen LogP contribution in [0.3, 0.4) is 0 Å². The van der Waals surface area contributed by atoms with E-state index in [1.165, 1.54) is 44.8 Å². The molecule has 0 unspecified atom stereocenters. The predicted octanol–water partition coefficient (Wildman–Crippen LogP) is 3.91. The number of ether oxygens (including phenoxy) is 1. The Bertz CT molecular complexity index is 456. The summed E-state index contributed by atoms with van der Waals surface area (Å²) in [5.41, 5.74) is 1.75. The molecule has 1 aromatic rings. The molecule has 3 nitrogen and oxygen atoms in total. The number of halogens is 1. The molecule has 0 amide bonds. The highest BCUT2D eigenvalue weighted by molar-refractivity contribution is 9.10. The molecule has 4 heteroatoms. The Labute approximate surface area is 129 Å². The van der Waals surface area contributed by atoms with E-state index in [2.05, 4.69) is 21.2 Å². The maximum absolute atomic E-state index is 11.4. The minimum Gasteiger partial charge on any atom is -0.465 e. The monoisotopic (exact) mass is 339 g/mol. The number of hydrogen-bond donors (Lipinski definition) is 1. The van der Waals surface area contributed by atoms with Crippen LogP contribution in [0.1, 0.15) is 48.0 Å². The van der Waals surface area contributed by atoms with E-state index in [9.17, 15) is 4.79 Å². The molecule has 110 valence electrons.